The molecule has 160 valence electrons. The van der Waals surface area contributed by atoms with Gasteiger partial charge in [-0.3, -0.25) is 0 Å². The molecule has 3 heteroatoms. The Bertz CT molecular complexity index is 661. The second-order valence-electron chi connectivity index (χ2n) is 9.13. The molecule has 0 heterocycles. The fourth-order valence-corrected chi connectivity index (χ4v) is 5.66. The monoisotopic (exact) mass is 694 g/mol. The molecule has 0 aromatic carbocycles. The average Bonchev–Trinajstić information content (AvgIpc) is 3.31. The molecule has 0 radical (unpaired) electrons. The predicted octanol–water partition coefficient (Wildman–Crippen LogP) is 1.81. The van der Waals surface area contributed by atoms with Crippen molar-refractivity contribution in [3.8, 4) is 0 Å². The Labute approximate surface area is 234 Å². The van der Waals surface area contributed by atoms with Crippen molar-refractivity contribution in [1.82, 2.24) is 0 Å². The molecule has 0 nitrogen and oxygen atoms in total. The van der Waals surface area contributed by atoms with Gasteiger partial charge in [-0.1, -0.05) is 51.7 Å². The van der Waals surface area contributed by atoms with Crippen molar-refractivity contribution in [3.05, 3.63) is 57.4 Å². The number of allylic oxidation sites excluding steroid dienone is 8. The van der Waals surface area contributed by atoms with Crippen molar-refractivity contribution in [2.24, 2.45) is 23.7 Å². The number of fused-ring (bicyclic) bond motifs is 2. The molecule has 4 aliphatic rings. The maximum atomic E-state index is 2.45. The molecule has 29 heavy (non-hydrogen) atoms. The quantitative estimate of drug-likeness (QED) is 0.268. The topological polar surface area (TPSA) is 0 Å². The van der Waals surface area contributed by atoms with Crippen molar-refractivity contribution in [2.45, 2.75) is 81.1 Å². The van der Waals surface area contributed by atoms with Gasteiger partial charge in [0.1, 0.15) is 0 Å². The molecule has 0 aromatic heterocycles. The van der Waals surface area contributed by atoms with E-state index in [9.17, 15) is 0 Å². The van der Waals surface area contributed by atoms with E-state index >= 15 is 0 Å². The van der Waals surface area contributed by atoms with Crippen LogP contribution in [0.25, 0.3) is 0 Å². The van der Waals surface area contributed by atoms with E-state index in [1.165, 1.54) is 36.8 Å². The molecule has 0 N–H and O–H groups in total. The molecule has 4 aliphatic carbocycles. The van der Waals surface area contributed by atoms with E-state index in [-0.39, 0.29) is 74.2 Å². The first-order chi connectivity index (χ1) is 12.3. The van der Waals surface area contributed by atoms with Crippen LogP contribution in [0.4, 0.5) is 0 Å². The van der Waals surface area contributed by atoms with Gasteiger partial charge in [0.25, 0.3) is 0 Å². The molecule has 4 unspecified atom stereocenters. The van der Waals surface area contributed by atoms with E-state index < -0.39 is 0 Å². The standard InChI is InChI=1S/2C13H19.2HI.Zr/c2*1-8-9(2)11(4)13-7-5-6-12(13)10(8)3;;;/h2*6,11,13H,5,7H2,1-4H3;2*1H;/q2*-1;;;+4/p-2. The molecule has 2 fully saturated rings. The summed E-state index contributed by atoms with van der Waals surface area (Å²) >= 11 is 0. The number of hydrogen-bond donors (Lipinski definition) is 0. The summed E-state index contributed by atoms with van der Waals surface area (Å²) in [5.74, 6) is 3.22. The Kier molecular flexibility index (Phi) is 12.8. The van der Waals surface area contributed by atoms with Crippen LogP contribution in [0.15, 0.2) is 44.6 Å². The van der Waals surface area contributed by atoms with Crippen molar-refractivity contribution >= 4 is 0 Å². The van der Waals surface area contributed by atoms with Crippen LogP contribution < -0.4 is 48.0 Å². The van der Waals surface area contributed by atoms with Crippen molar-refractivity contribution in [2.75, 3.05) is 0 Å². The number of hydrogen-bond acceptors (Lipinski definition) is 0. The molecule has 0 spiro atoms. The first kappa shape index (κ1) is 30.0. The summed E-state index contributed by atoms with van der Waals surface area (Å²) in [6.07, 6.45) is 10.2. The third kappa shape index (κ3) is 5.70. The Hall–Kier alpha value is 1.04. The Balaban J connectivity index is 0.000000490. The summed E-state index contributed by atoms with van der Waals surface area (Å²) in [5, 5.41) is 0. The second-order valence-corrected chi connectivity index (χ2v) is 9.13. The summed E-state index contributed by atoms with van der Waals surface area (Å²) in [6.45, 7) is 18.5. The average molecular weight is 696 g/mol. The summed E-state index contributed by atoms with van der Waals surface area (Å²) < 4.78 is 0. The van der Waals surface area contributed by atoms with Gasteiger partial charge in [0.05, 0.1) is 0 Å². The van der Waals surface area contributed by atoms with E-state index in [2.05, 4.69) is 68.2 Å². The molecule has 2 saturated carbocycles. The minimum absolute atomic E-state index is 0. The van der Waals surface area contributed by atoms with Gasteiger partial charge in [0.15, 0.2) is 0 Å². The minimum Gasteiger partial charge on any atom is -1.00 e. The van der Waals surface area contributed by atoms with Gasteiger partial charge >= 0.3 is 26.2 Å². The molecule has 0 bridgehead atoms. The van der Waals surface area contributed by atoms with Gasteiger partial charge in [0, 0.05) is 0 Å². The van der Waals surface area contributed by atoms with Crippen LogP contribution in [-0.2, 0) is 26.2 Å². The molecule has 0 amide bonds. The molecular formula is C26H38I2Zr. The van der Waals surface area contributed by atoms with Crippen molar-refractivity contribution in [3.63, 3.8) is 0 Å². The van der Waals surface area contributed by atoms with Crippen molar-refractivity contribution < 1.29 is 74.2 Å². The number of halogens is 2. The van der Waals surface area contributed by atoms with Gasteiger partial charge in [-0.15, -0.1) is 37.8 Å². The minimum atomic E-state index is 0. The molecule has 4 rings (SSSR count). The summed E-state index contributed by atoms with van der Waals surface area (Å²) in [6, 6.07) is 0. The van der Waals surface area contributed by atoms with E-state index in [4.69, 9.17) is 0 Å². The summed E-state index contributed by atoms with van der Waals surface area (Å²) in [5.41, 5.74) is 12.7. The molecule has 0 aromatic rings. The molecule has 0 aliphatic heterocycles. The van der Waals surface area contributed by atoms with Crippen LogP contribution in [0.3, 0.4) is 0 Å². The maximum absolute atomic E-state index is 2.45. The Morgan fingerprint density at radius 3 is 1.21 bits per heavy atom. The predicted molar refractivity (Wildman–Crippen MR) is 115 cm³/mol. The van der Waals surface area contributed by atoms with Gasteiger partial charge in [-0.2, -0.15) is 11.1 Å². The fraction of sp³-hybridized carbons (Fsp3) is 0.615. The third-order valence-electron chi connectivity index (χ3n) is 8.23. The van der Waals surface area contributed by atoms with Crippen molar-refractivity contribution in [1.29, 1.82) is 0 Å². The Morgan fingerprint density at radius 1 is 0.586 bits per heavy atom. The molecule has 0 saturated heterocycles. The van der Waals surface area contributed by atoms with E-state index in [0.29, 0.717) is 0 Å². The van der Waals surface area contributed by atoms with Gasteiger partial charge in [-0.05, 0) is 37.5 Å². The fourth-order valence-electron chi connectivity index (χ4n) is 5.66. The van der Waals surface area contributed by atoms with Crippen LogP contribution in [-0.4, -0.2) is 0 Å². The summed E-state index contributed by atoms with van der Waals surface area (Å²) in [7, 11) is 0. The van der Waals surface area contributed by atoms with Gasteiger partial charge in [-0.25, -0.2) is 24.0 Å². The first-order valence-electron chi connectivity index (χ1n) is 10.7. The zero-order chi connectivity index (χ0) is 19.2. The van der Waals surface area contributed by atoms with Crippen LogP contribution in [0, 0.1) is 36.5 Å². The van der Waals surface area contributed by atoms with Crippen LogP contribution >= 0.6 is 0 Å². The largest absolute Gasteiger partial charge is 4.00 e. The summed E-state index contributed by atoms with van der Waals surface area (Å²) in [4.78, 5) is 0. The zero-order valence-corrected chi connectivity index (χ0v) is 26.3. The second kappa shape index (κ2) is 12.3. The SMILES string of the molecule is CC1=C(C)C(C)C2CC[CH-]C2=C1C.CC1=C(C)C(C)C2CC[CH-]C2=C1C.[I-].[I-].[Zr+4]. The van der Waals surface area contributed by atoms with E-state index in [1.54, 1.807) is 33.4 Å². The van der Waals surface area contributed by atoms with E-state index in [1.807, 2.05) is 0 Å². The third-order valence-corrected chi connectivity index (χ3v) is 8.23. The maximum Gasteiger partial charge on any atom is 4.00 e. The normalized spacial score (nSPS) is 30.1. The molecular weight excluding hydrogens is 657 g/mol. The van der Waals surface area contributed by atoms with Gasteiger partial charge < -0.3 is 48.0 Å². The smallest absolute Gasteiger partial charge is 1.00 e. The van der Waals surface area contributed by atoms with E-state index in [0.717, 1.165) is 23.7 Å². The number of rotatable bonds is 0. The zero-order valence-electron chi connectivity index (χ0n) is 19.5. The van der Waals surface area contributed by atoms with Gasteiger partial charge in [0.2, 0.25) is 0 Å². The Morgan fingerprint density at radius 2 is 0.897 bits per heavy atom. The van der Waals surface area contributed by atoms with Crippen LogP contribution in [0.1, 0.15) is 81.1 Å². The van der Waals surface area contributed by atoms with Crippen LogP contribution in [0.5, 0.6) is 0 Å². The van der Waals surface area contributed by atoms with Crippen LogP contribution in [0.2, 0.25) is 0 Å². The molecule has 4 atom stereocenters. The first-order valence-corrected chi connectivity index (χ1v) is 10.7.